The van der Waals surface area contributed by atoms with E-state index in [1.807, 2.05) is 31.2 Å². The van der Waals surface area contributed by atoms with E-state index in [1.165, 1.54) is 24.1 Å². The Bertz CT molecular complexity index is 599. The normalized spacial score (nSPS) is 10.2. The minimum absolute atomic E-state index is 0.0768. The molecule has 0 radical (unpaired) electrons. The third-order valence-corrected chi connectivity index (χ3v) is 3.30. The van der Waals surface area contributed by atoms with E-state index in [0.717, 1.165) is 16.5 Å². The molecule has 0 aromatic heterocycles. The first-order valence-corrected chi connectivity index (χ1v) is 6.39. The number of hydrogen-bond donors (Lipinski definition) is 2. The molecule has 0 saturated heterocycles. The Morgan fingerprint density at radius 3 is 2.53 bits per heavy atom. The number of aryl methyl sites for hydroxylation is 1. The summed E-state index contributed by atoms with van der Waals surface area (Å²) in [6.07, 6.45) is 0. The van der Waals surface area contributed by atoms with Crippen molar-refractivity contribution in [3.63, 3.8) is 0 Å². The summed E-state index contributed by atoms with van der Waals surface area (Å²) in [6.45, 7) is 1.99. The highest BCUT2D eigenvalue weighted by Crippen LogP contribution is 2.23. The third-order valence-electron chi connectivity index (χ3n) is 2.45. The molecule has 0 fully saturated rings. The van der Waals surface area contributed by atoms with Gasteiger partial charge in [-0.3, -0.25) is 0 Å². The molecule has 2 aromatic carbocycles. The van der Waals surface area contributed by atoms with Crippen LogP contribution in [-0.2, 0) is 0 Å². The van der Waals surface area contributed by atoms with Crippen LogP contribution in [0.4, 0.5) is 10.1 Å². The maximum Gasteiger partial charge on any atom is 0.335 e. The van der Waals surface area contributed by atoms with E-state index < -0.39 is 11.8 Å². The monoisotopic (exact) mass is 277 g/mol. The summed E-state index contributed by atoms with van der Waals surface area (Å²) in [7, 11) is 0. The average Bonchev–Trinajstić information content (AvgIpc) is 2.37. The summed E-state index contributed by atoms with van der Waals surface area (Å²) in [5.41, 5.74) is 1.50. The molecule has 2 rings (SSSR count). The first kappa shape index (κ1) is 13.4. The highest BCUT2D eigenvalue weighted by Gasteiger charge is 2.07. The first-order valence-electron chi connectivity index (χ1n) is 5.58. The number of rotatable bonds is 4. The molecule has 0 spiro atoms. The van der Waals surface area contributed by atoms with Gasteiger partial charge in [0.05, 0.1) is 5.56 Å². The Labute approximate surface area is 114 Å². The van der Waals surface area contributed by atoms with Gasteiger partial charge in [0.2, 0.25) is 0 Å². The number of carboxylic acids is 1. The maximum atomic E-state index is 13.3. The van der Waals surface area contributed by atoms with Crippen molar-refractivity contribution in [1.82, 2.24) is 0 Å². The molecule has 19 heavy (non-hydrogen) atoms. The molecular weight excluding hydrogens is 265 g/mol. The van der Waals surface area contributed by atoms with Crippen LogP contribution in [0.15, 0.2) is 47.4 Å². The second-order valence-corrected chi connectivity index (χ2v) is 4.93. The number of carbonyl (C=O) groups is 1. The maximum absolute atomic E-state index is 13.3. The molecule has 3 nitrogen and oxygen atoms in total. The van der Waals surface area contributed by atoms with E-state index >= 15 is 0 Å². The fourth-order valence-corrected chi connectivity index (χ4v) is 2.12. The number of benzene rings is 2. The van der Waals surface area contributed by atoms with Crippen LogP contribution in [0.3, 0.4) is 0 Å². The van der Waals surface area contributed by atoms with Crippen molar-refractivity contribution in [2.45, 2.75) is 11.8 Å². The third kappa shape index (κ3) is 3.72. The van der Waals surface area contributed by atoms with Gasteiger partial charge >= 0.3 is 5.97 Å². The SMILES string of the molecule is Cc1ccc(SNc2cc(F)cc(C(=O)O)c2)cc1. The fourth-order valence-electron chi connectivity index (χ4n) is 1.50. The number of hydrogen-bond acceptors (Lipinski definition) is 3. The van der Waals surface area contributed by atoms with Gasteiger partial charge in [0.1, 0.15) is 5.82 Å². The molecular formula is C14H12FNO2S. The number of anilines is 1. The molecule has 2 N–H and O–H groups in total. The van der Waals surface area contributed by atoms with Gasteiger partial charge in [0, 0.05) is 10.6 Å². The van der Waals surface area contributed by atoms with Crippen molar-refractivity contribution in [3.05, 3.63) is 59.4 Å². The number of halogens is 1. The minimum atomic E-state index is -1.15. The number of carboxylic acid groups (broad SMARTS) is 1. The zero-order chi connectivity index (χ0) is 13.8. The summed E-state index contributed by atoms with van der Waals surface area (Å²) < 4.78 is 16.2. The van der Waals surface area contributed by atoms with Gasteiger partial charge < -0.3 is 9.83 Å². The lowest BCUT2D eigenvalue weighted by Crippen LogP contribution is -1.98. The molecule has 0 amide bonds. The summed E-state index contributed by atoms with van der Waals surface area (Å²) in [6, 6.07) is 11.5. The highest BCUT2D eigenvalue weighted by atomic mass is 32.2. The van der Waals surface area contributed by atoms with Gasteiger partial charge in [-0.05, 0) is 49.2 Å². The van der Waals surface area contributed by atoms with Gasteiger partial charge in [0.25, 0.3) is 0 Å². The van der Waals surface area contributed by atoms with Gasteiger partial charge in [-0.15, -0.1) is 0 Å². The Balaban J connectivity index is 2.11. The summed E-state index contributed by atoms with van der Waals surface area (Å²) in [5.74, 6) is -1.73. The van der Waals surface area contributed by atoms with Crippen molar-refractivity contribution in [3.8, 4) is 0 Å². The molecule has 0 aliphatic carbocycles. The lowest BCUT2D eigenvalue weighted by atomic mass is 10.2. The highest BCUT2D eigenvalue weighted by molar-refractivity contribution is 8.00. The summed E-state index contributed by atoms with van der Waals surface area (Å²) in [5, 5.41) is 8.85. The largest absolute Gasteiger partial charge is 0.478 e. The van der Waals surface area contributed by atoms with Gasteiger partial charge in [-0.25, -0.2) is 9.18 Å². The molecule has 0 atom stereocenters. The number of nitrogens with one attached hydrogen (secondary N) is 1. The van der Waals surface area contributed by atoms with Crippen LogP contribution in [0.25, 0.3) is 0 Å². The first-order chi connectivity index (χ1) is 9.04. The van der Waals surface area contributed by atoms with Crippen LogP contribution >= 0.6 is 11.9 Å². The van der Waals surface area contributed by atoms with Crippen molar-refractivity contribution in [2.75, 3.05) is 4.72 Å². The lowest BCUT2D eigenvalue weighted by Gasteiger charge is -2.07. The van der Waals surface area contributed by atoms with Crippen molar-refractivity contribution in [1.29, 1.82) is 0 Å². The molecule has 0 bridgehead atoms. The van der Waals surface area contributed by atoms with Gasteiger partial charge in [0.15, 0.2) is 0 Å². The zero-order valence-electron chi connectivity index (χ0n) is 10.2. The van der Waals surface area contributed by atoms with Crippen molar-refractivity contribution in [2.24, 2.45) is 0 Å². The Kier molecular flexibility index (Phi) is 4.06. The molecule has 98 valence electrons. The topological polar surface area (TPSA) is 49.3 Å². The van der Waals surface area contributed by atoms with E-state index in [9.17, 15) is 9.18 Å². The van der Waals surface area contributed by atoms with Gasteiger partial charge in [-0.2, -0.15) is 0 Å². The zero-order valence-corrected chi connectivity index (χ0v) is 11.0. The average molecular weight is 277 g/mol. The Hall–Kier alpha value is -2.01. The Morgan fingerprint density at radius 2 is 1.89 bits per heavy atom. The van der Waals surface area contributed by atoms with Crippen LogP contribution in [0.2, 0.25) is 0 Å². The van der Waals surface area contributed by atoms with E-state index in [0.29, 0.717) is 5.69 Å². The summed E-state index contributed by atoms with van der Waals surface area (Å²) in [4.78, 5) is 11.8. The van der Waals surface area contributed by atoms with Gasteiger partial charge in [-0.1, -0.05) is 17.7 Å². The van der Waals surface area contributed by atoms with Crippen LogP contribution in [-0.4, -0.2) is 11.1 Å². The molecule has 0 heterocycles. The minimum Gasteiger partial charge on any atom is -0.478 e. The van der Waals surface area contributed by atoms with E-state index in [4.69, 9.17) is 5.11 Å². The molecule has 0 aliphatic heterocycles. The van der Waals surface area contributed by atoms with Crippen LogP contribution < -0.4 is 4.72 Å². The molecule has 5 heteroatoms. The van der Waals surface area contributed by atoms with E-state index in [1.54, 1.807) is 0 Å². The second-order valence-electron chi connectivity index (χ2n) is 4.05. The van der Waals surface area contributed by atoms with Crippen LogP contribution in [0.5, 0.6) is 0 Å². The standard InChI is InChI=1S/C14H12FNO2S/c1-9-2-4-13(5-3-9)19-16-12-7-10(14(17)18)6-11(15)8-12/h2-8,16H,1H3,(H,17,18). The van der Waals surface area contributed by atoms with Crippen molar-refractivity contribution >= 4 is 23.6 Å². The summed E-state index contributed by atoms with van der Waals surface area (Å²) >= 11 is 1.30. The van der Waals surface area contributed by atoms with Crippen molar-refractivity contribution < 1.29 is 14.3 Å². The molecule has 0 aliphatic rings. The molecule has 0 saturated carbocycles. The van der Waals surface area contributed by atoms with E-state index in [-0.39, 0.29) is 5.56 Å². The smallest absolute Gasteiger partial charge is 0.335 e. The Morgan fingerprint density at radius 1 is 1.21 bits per heavy atom. The predicted octanol–water partition coefficient (Wildman–Crippen LogP) is 3.95. The van der Waals surface area contributed by atoms with Crippen LogP contribution in [0.1, 0.15) is 15.9 Å². The fraction of sp³-hybridized carbons (Fsp3) is 0.0714. The molecule has 0 unspecified atom stereocenters. The van der Waals surface area contributed by atoms with E-state index in [2.05, 4.69) is 4.72 Å². The quantitative estimate of drug-likeness (QED) is 0.831. The second kappa shape index (κ2) is 5.75. The molecule has 2 aromatic rings. The number of aromatic carboxylic acids is 1. The van der Waals surface area contributed by atoms with Crippen LogP contribution in [0, 0.1) is 12.7 Å². The predicted molar refractivity (Wildman–Crippen MR) is 74.0 cm³/mol. The lowest BCUT2D eigenvalue weighted by molar-refractivity contribution is 0.0696.